The Bertz CT molecular complexity index is 478. The Morgan fingerprint density at radius 1 is 1.30 bits per heavy atom. The van der Waals surface area contributed by atoms with Crippen LogP contribution < -0.4 is 5.32 Å². The van der Waals surface area contributed by atoms with Crippen molar-refractivity contribution >= 4 is 11.8 Å². The third kappa shape index (κ3) is 3.54. The topological polar surface area (TPSA) is 82.5 Å². The Kier molecular flexibility index (Phi) is 4.68. The molecule has 2 amide bonds. The first-order valence-corrected chi connectivity index (χ1v) is 6.72. The zero-order valence-electron chi connectivity index (χ0n) is 11.5. The Morgan fingerprint density at radius 2 is 1.95 bits per heavy atom. The van der Waals surface area contributed by atoms with Gasteiger partial charge in [0.15, 0.2) is 0 Å². The number of carbonyl (C=O) groups excluding carboxylic acids is 2. The third-order valence-electron chi connectivity index (χ3n) is 3.47. The highest BCUT2D eigenvalue weighted by molar-refractivity contribution is 5.94. The van der Waals surface area contributed by atoms with E-state index in [1.54, 1.807) is 29.4 Å². The Morgan fingerprint density at radius 3 is 2.60 bits per heavy atom. The smallest absolute Gasteiger partial charge is 0.253 e. The van der Waals surface area contributed by atoms with Gasteiger partial charge in [-0.1, -0.05) is 0 Å². The molecule has 0 aromatic carbocycles. The molecule has 0 saturated carbocycles. The molecule has 6 nitrogen and oxygen atoms in total. The maximum Gasteiger partial charge on any atom is 0.253 e. The van der Waals surface area contributed by atoms with Crippen LogP contribution in [0.4, 0.5) is 0 Å². The van der Waals surface area contributed by atoms with Crippen molar-refractivity contribution in [3.05, 3.63) is 30.1 Å². The number of nitrogens with one attached hydrogen (secondary N) is 1. The summed E-state index contributed by atoms with van der Waals surface area (Å²) in [5, 5.41) is 12.7. The number of pyridine rings is 1. The van der Waals surface area contributed by atoms with Crippen LogP contribution >= 0.6 is 0 Å². The molecule has 0 unspecified atom stereocenters. The summed E-state index contributed by atoms with van der Waals surface area (Å²) >= 11 is 0. The highest BCUT2D eigenvalue weighted by Gasteiger charge is 2.27. The van der Waals surface area contributed by atoms with Crippen LogP contribution in [0.3, 0.4) is 0 Å². The fourth-order valence-corrected chi connectivity index (χ4v) is 2.40. The lowest BCUT2D eigenvalue weighted by Gasteiger charge is -2.21. The van der Waals surface area contributed by atoms with Crippen LogP contribution in [0.5, 0.6) is 0 Å². The molecule has 2 atom stereocenters. The van der Waals surface area contributed by atoms with E-state index in [1.807, 2.05) is 0 Å². The van der Waals surface area contributed by atoms with E-state index < -0.39 is 6.10 Å². The number of rotatable bonds is 2. The molecule has 1 aromatic rings. The van der Waals surface area contributed by atoms with Crippen LogP contribution in [0.1, 0.15) is 30.1 Å². The lowest BCUT2D eigenvalue weighted by Crippen LogP contribution is -2.42. The van der Waals surface area contributed by atoms with Crippen molar-refractivity contribution in [1.82, 2.24) is 15.2 Å². The Hall–Kier alpha value is -1.95. The first kappa shape index (κ1) is 14.5. The lowest BCUT2D eigenvalue weighted by molar-refractivity contribution is -0.120. The van der Waals surface area contributed by atoms with E-state index in [9.17, 15) is 14.7 Å². The van der Waals surface area contributed by atoms with Gasteiger partial charge in [0.05, 0.1) is 12.1 Å². The summed E-state index contributed by atoms with van der Waals surface area (Å²) in [5.74, 6) is -0.231. The SMILES string of the molecule is CC(=O)N[C@H]1CCN(C(=O)c2ccncc2)CC[C@@H]1O. The number of hydrogen-bond acceptors (Lipinski definition) is 4. The zero-order chi connectivity index (χ0) is 14.5. The molecule has 108 valence electrons. The van der Waals surface area contributed by atoms with Crippen molar-refractivity contribution in [2.45, 2.75) is 31.9 Å². The van der Waals surface area contributed by atoms with Gasteiger partial charge in [0.25, 0.3) is 5.91 Å². The standard InChI is InChI=1S/C14H19N3O3/c1-10(18)16-12-4-8-17(9-5-13(12)19)14(20)11-2-6-15-7-3-11/h2-3,6-7,12-13,19H,4-5,8-9H2,1H3,(H,16,18)/t12-,13-/m0/s1. The first-order chi connectivity index (χ1) is 9.58. The van der Waals surface area contributed by atoms with Crippen LogP contribution in [0.2, 0.25) is 0 Å². The van der Waals surface area contributed by atoms with Gasteiger partial charge in [-0.2, -0.15) is 0 Å². The maximum absolute atomic E-state index is 12.3. The van der Waals surface area contributed by atoms with Crippen LogP contribution in [0.15, 0.2) is 24.5 Å². The third-order valence-corrected chi connectivity index (χ3v) is 3.47. The van der Waals surface area contributed by atoms with Crippen LogP contribution in [-0.2, 0) is 4.79 Å². The minimum atomic E-state index is -0.617. The molecule has 2 rings (SSSR count). The molecule has 1 aliphatic heterocycles. The number of likely N-dealkylation sites (tertiary alicyclic amines) is 1. The highest BCUT2D eigenvalue weighted by atomic mass is 16.3. The predicted molar refractivity (Wildman–Crippen MR) is 73.0 cm³/mol. The van der Waals surface area contributed by atoms with E-state index in [0.717, 1.165) is 0 Å². The number of carbonyl (C=O) groups is 2. The van der Waals surface area contributed by atoms with Crippen molar-refractivity contribution in [2.75, 3.05) is 13.1 Å². The first-order valence-electron chi connectivity index (χ1n) is 6.72. The molecular weight excluding hydrogens is 258 g/mol. The number of nitrogens with zero attached hydrogens (tertiary/aromatic N) is 2. The molecule has 1 fully saturated rings. The van der Waals surface area contributed by atoms with Crippen LogP contribution in [0, 0.1) is 0 Å². The summed E-state index contributed by atoms with van der Waals surface area (Å²) in [4.78, 5) is 29.0. The van der Waals surface area contributed by atoms with Gasteiger partial charge in [-0.3, -0.25) is 14.6 Å². The normalized spacial score (nSPS) is 23.0. The minimum absolute atomic E-state index is 0.0666. The molecule has 2 heterocycles. The highest BCUT2D eigenvalue weighted by Crippen LogP contribution is 2.14. The van der Waals surface area contributed by atoms with Gasteiger partial charge < -0.3 is 15.3 Å². The maximum atomic E-state index is 12.3. The van der Waals surface area contributed by atoms with Crippen molar-refractivity contribution in [2.24, 2.45) is 0 Å². The van der Waals surface area contributed by atoms with Gasteiger partial charge >= 0.3 is 0 Å². The number of aliphatic hydroxyl groups excluding tert-OH is 1. The number of hydrogen-bond donors (Lipinski definition) is 2. The van der Waals surface area contributed by atoms with Crippen LogP contribution in [0.25, 0.3) is 0 Å². The molecule has 0 spiro atoms. The fourth-order valence-electron chi connectivity index (χ4n) is 2.40. The summed E-state index contributed by atoms with van der Waals surface area (Å²) in [6, 6.07) is 3.06. The summed E-state index contributed by atoms with van der Waals surface area (Å²) < 4.78 is 0. The second kappa shape index (κ2) is 6.47. The van der Waals surface area contributed by atoms with Gasteiger partial charge in [-0.15, -0.1) is 0 Å². The fraction of sp³-hybridized carbons (Fsp3) is 0.500. The van der Waals surface area contributed by atoms with Gasteiger partial charge in [0.1, 0.15) is 0 Å². The molecule has 0 bridgehead atoms. The van der Waals surface area contributed by atoms with Gasteiger partial charge in [-0.05, 0) is 25.0 Å². The van der Waals surface area contributed by atoms with E-state index >= 15 is 0 Å². The van der Waals surface area contributed by atoms with E-state index in [-0.39, 0.29) is 17.9 Å². The number of amides is 2. The molecule has 20 heavy (non-hydrogen) atoms. The second-order valence-corrected chi connectivity index (χ2v) is 4.98. The Labute approximate surface area is 117 Å². The molecule has 1 aromatic heterocycles. The molecule has 0 radical (unpaired) electrons. The molecule has 2 N–H and O–H groups in total. The minimum Gasteiger partial charge on any atom is -0.391 e. The van der Waals surface area contributed by atoms with Crippen molar-refractivity contribution < 1.29 is 14.7 Å². The van der Waals surface area contributed by atoms with Crippen molar-refractivity contribution in [1.29, 1.82) is 0 Å². The van der Waals surface area contributed by atoms with Crippen molar-refractivity contribution in [3.8, 4) is 0 Å². The number of aromatic nitrogens is 1. The monoisotopic (exact) mass is 277 g/mol. The average molecular weight is 277 g/mol. The summed E-state index contributed by atoms with van der Waals surface area (Å²) in [6.07, 6.45) is 3.56. The quantitative estimate of drug-likeness (QED) is 0.808. The van der Waals surface area contributed by atoms with E-state index in [4.69, 9.17) is 0 Å². The largest absolute Gasteiger partial charge is 0.391 e. The molecular formula is C14H19N3O3. The van der Waals surface area contributed by atoms with Gasteiger partial charge in [-0.25, -0.2) is 0 Å². The van der Waals surface area contributed by atoms with Crippen LogP contribution in [-0.4, -0.2) is 52.0 Å². The number of aliphatic hydroxyl groups is 1. The molecule has 0 aliphatic carbocycles. The average Bonchev–Trinajstić information content (AvgIpc) is 2.62. The van der Waals surface area contributed by atoms with Gasteiger partial charge in [0.2, 0.25) is 5.91 Å². The van der Waals surface area contributed by atoms with Crippen molar-refractivity contribution in [3.63, 3.8) is 0 Å². The molecule has 6 heteroatoms. The van der Waals surface area contributed by atoms with E-state index in [0.29, 0.717) is 31.5 Å². The lowest BCUT2D eigenvalue weighted by atomic mass is 10.1. The zero-order valence-corrected chi connectivity index (χ0v) is 11.5. The predicted octanol–water partition coefficient (Wildman–Crippen LogP) is 0.183. The van der Waals surface area contributed by atoms with E-state index in [1.165, 1.54) is 6.92 Å². The summed E-state index contributed by atoms with van der Waals surface area (Å²) in [6.45, 7) is 2.43. The summed E-state index contributed by atoms with van der Waals surface area (Å²) in [7, 11) is 0. The summed E-state index contributed by atoms with van der Waals surface area (Å²) in [5.41, 5.74) is 0.590. The second-order valence-electron chi connectivity index (χ2n) is 4.98. The Balaban J connectivity index is 2.02. The van der Waals surface area contributed by atoms with Gasteiger partial charge in [0, 0.05) is 38.0 Å². The molecule has 1 aliphatic rings. The van der Waals surface area contributed by atoms with E-state index in [2.05, 4.69) is 10.3 Å². The molecule has 1 saturated heterocycles.